The lowest BCUT2D eigenvalue weighted by atomic mass is 9.82. The molecule has 0 aromatic heterocycles. The SMILES string of the molecule is CCCNC(c1cccc(C)c1Br)C(C)(C)C. The summed E-state index contributed by atoms with van der Waals surface area (Å²) in [7, 11) is 0. The summed E-state index contributed by atoms with van der Waals surface area (Å²) < 4.78 is 1.24. The van der Waals surface area contributed by atoms with Gasteiger partial charge in [-0.1, -0.05) is 61.8 Å². The zero-order valence-electron chi connectivity index (χ0n) is 11.6. The van der Waals surface area contributed by atoms with E-state index in [-0.39, 0.29) is 5.41 Å². The number of rotatable bonds is 4. The van der Waals surface area contributed by atoms with Crippen LogP contribution < -0.4 is 5.32 Å². The molecule has 0 radical (unpaired) electrons. The van der Waals surface area contributed by atoms with Crippen molar-refractivity contribution >= 4 is 15.9 Å². The van der Waals surface area contributed by atoms with Crippen molar-refractivity contribution in [2.45, 2.75) is 47.1 Å². The topological polar surface area (TPSA) is 12.0 Å². The Morgan fingerprint density at radius 2 is 1.94 bits per heavy atom. The molecule has 1 nitrogen and oxygen atoms in total. The Hall–Kier alpha value is -0.340. The lowest BCUT2D eigenvalue weighted by Crippen LogP contribution is -2.33. The minimum Gasteiger partial charge on any atom is -0.309 e. The van der Waals surface area contributed by atoms with Gasteiger partial charge in [0.05, 0.1) is 0 Å². The van der Waals surface area contributed by atoms with Crippen LogP contribution in [-0.2, 0) is 0 Å². The monoisotopic (exact) mass is 297 g/mol. The highest BCUT2D eigenvalue weighted by Crippen LogP contribution is 2.37. The van der Waals surface area contributed by atoms with Crippen molar-refractivity contribution in [3.05, 3.63) is 33.8 Å². The van der Waals surface area contributed by atoms with Crippen LogP contribution in [0.1, 0.15) is 51.3 Å². The van der Waals surface area contributed by atoms with Crippen LogP contribution in [0.3, 0.4) is 0 Å². The maximum absolute atomic E-state index is 3.73. The van der Waals surface area contributed by atoms with Gasteiger partial charge in [0.2, 0.25) is 0 Å². The number of benzene rings is 1. The lowest BCUT2D eigenvalue weighted by molar-refractivity contribution is 0.272. The molecule has 17 heavy (non-hydrogen) atoms. The maximum Gasteiger partial charge on any atom is 0.0380 e. The summed E-state index contributed by atoms with van der Waals surface area (Å²) in [6.07, 6.45) is 1.16. The van der Waals surface area contributed by atoms with E-state index in [0.29, 0.717) is 6.04 Å². The molecule has 0 bridgehead atoms. The number of nitrogens with one attached hydrogen (secondary N) is 1. The van der Waals surface area contributed by atoms with E-state index < -0.39 is 0 Å². The highest BCUT2D eigenvalue weighted by atomic mass is 79.9. The molecule has 1 aromatic rings. The van der Waals surface area contributed by atoms with Crippen LogP contribution in [-0.4, -0.2) is 6.54 Å². The van der Waals surface area contributed by atoms with Gasteiger partial charge in [-0.05, 0) is 36.4 Å². The molecule has 0 fully saturated rings. The molecule has 0 aliphatic carbocycles. The summed E-state index contributed by atoms with van der Waals surface area (Å²) in [4.78, 5) is 0. The average Bonchev–Trinajstić information content (AvgIpc) is 2.22. The third-order valence-electron chi connectivity index (χ3n) is 3.00. The van der Waals surface area contributed by atoms with Gasteiger partial charge in [0.15, 0.2) is 0 Å². The van der Waals surface area contributed by atoms with Crippen molar-refractivity contribution in [2.75, 3.05) is 6.54 Å². The average molecular weight is 298 g/mol. The van der Waals surface area contributed by atoms with Gasteiger partial charge in [-0.3, -0.25) is 0 Å². The molecule has 0 saturated heterocycles. The molecule has 96 valence electrons. The van der Waals surface area contributed by atoms with Crippen molar-refractivity contribution in [3.63, 3.8) is 0 Å². The summed E-state index contributed by atoms with van der Waals surface area (Å²) in [6, 6.07) is 6.89. The van der Waals surface area contributed by atoms with Crippen LogP contribution in [0.5, 0.6) is 0 Å². The highest BCUT2D eigenvalue weighted by Gasteiger charge is 2.27. The van der Waals surface area contributed by atoms with Crippen LogP contribution in [0, 0.1) is 12.3 Å². The molecule has 2 heteroatoms. The molecular formula is C15H24BrN. The minimum absolute atomic E-state index is 0.214. The zero-order chi connectivity index (χ0) is 13.1. The Balaban J connectivity index is 3.09. The molecule has 0 saturated carbocycles. The quantitative estimate of drug-likeness (QED) is 0.838. The predicted octanol–water partition coefficient (Wildman–Crippen LogP) is 4.84. The van der Waals surface area contributed by atoms with Crippen LogP contribution in [0.25, 0.3) is 0 Å². The van der Waals surface area contributed by atoms with Crippen molar-refractivity contribution in [2.24, 2.45) is 5.41 Å². The van der Waals surface area contributed by atoms with Crippen molar-refractivity contribution in [1.82, 2.24) is 5.32 Å². The second-order valence-corrected chi connectivity index (χ2v) is 6.52. The first-order chi connectivity index (χ1) is 7.88. The third-order valence-corrected chi connectivity index (χ3v) is 4.08. The molecule has 0 heterocycles. The Bertz CT molecular complexity index is 366. The summed E-state index contributed by atoms with van der Waals surface area (Å²) in [5.41, 5.74) is 2.88. The summed E-state index contributed by atoms with van der Waals surface area (Å²) in [6.45, 7) is 12.3. The second-order valence-electron chi connectivity index (χ2n) is 5.73. The van der Waals surface area contributed by atoms with E-state index in [1.807, 2.05) is 0 Å². The predicted molar refractivity (Wildman–Crippen MR) is 79.4 cm³/mol. The number of aryl methyl sites for hydroxylation is 1. The number of hydrogen-bond donors (Lipinski definition) is 1. The molecule has 1 unspecified atom stereocenters. The number of halogens is 1. The fourth-order valence-electron chi connectivity index (χ4n) is 2.06. The summed E-state index contributed by atoms with van der Waals surface area (Å²) in [5.74, 6) is 0. The Morgan fingerprint density at radius 1 is 1.29 bits per heavy atom. The molecule has 0 aliphatic heterocycles. The van der Waals surface area contributed by atoms with Gasteiger partial charge in [-0.25, -0.2) is 0 Å². The van der Waals surface area contributed by atoms with Crippen LogP contribution in [0.15, 0.2) is 22.7 Å². The van der Waals surface area contributed by atoms with Gasteiger partial charge in [0, 0.05) is 10.5 Å². The largest absolute Gasteiger partial charge is 0.309 e. The van der Waals surface area contributed by atoms with Gasteiger partial charge in [-0.15, -0.1) is 0 Å². The summed E-state index contributed by atoms with van der Waals surface area (Å²) in [5, 5.41) is 3.66. The lowest BCUT2D eigenvalue weighted by Gasteiger charge is -2.33. The first-order valence-corrected chi connectivity index (χ1v) is 7.15. The molecular weight excluding hydrogens is 274 g/mol. The zero-order valence-corrected chi connectivity index (χ0v) is 13.2. The van der Waals surface area contributed by atoms with E-state index in [2.05, 4.69) is 74.1 Å². The molecule has 1 atom stereocenters. The standard InChI is InChI=1S/C15H24BrN/c1-6-10-17-14(15(3,4)5)12-9-7-8-11(2)13(12)16/h7-9,14,17H,6,10H2,1-5H3. The van der Waals surface area contributed by atoms with Crippen molar-refractivity contribution < 1.29 is 0 Å². The third kappa shape index (κ3) is 3.82. The van der Waals surface area contributed by atoms with E-state index in [9.17, 15) is 0 Å². The molecule has 0 amide bonds. The molecule has 1 rings (SSSR count). The van der Waals surface area contributed by atoms with Gasteiger partial charge < -0.3 is 5.32 Å². The van der Waals surface area contributed by atoms with Gasteiger partial charge >= 0.3 is 0 Å². The van der Waals surface area contributed by atoms with Crippen LogP contribution >= 0.6 is 15.9 Å². The van der Waals surface area contributed by atoms with Crippen molar-refractivity contribution in [1.29, 1.82) is 0 Å². The molecule has 0 aliphatic rings. The normalized spacial score (nSPS) is 13.8. The minimum atomic E-state index is 0.214. The first kappa shape index (κ1) is 14.7. The van der Waals surface area contributed by atoms with E-state index in [1.165, 1.54) is 15.6 Å². The molecule has 1 aromatic carbocycles. The Labute approximate surface area is 114 Å². The van der Waals surface area contributed by atoms with E-state index in [0.717, 1.165) is 13.0 Å². The van der Waals surface area contributed by atoms with Crippen molar-refractivity contribution in [3.8, 4) is 0 Å². The van der Waals surface area contributed by atoms with Gasteiger partial charge in [-0.2, -0.15) is 0 Å². The maximum atomic E-state index is 3.73. The smallest absolute Gasteiger partial charge is 0.0380 e. The summed E-state index contributed by atoms with van der Waals surface area (Å²) >= 11 is 3.73. The first-order valence-electron chi connectivity index (χ1n) is 6.36. The fourth-order valence-corrected chi connectivity index (χ4v) is 2.56. The van der Waals surface area contributed by atoms with E-state index in [4.69, 9.17) is 0 Å². The Kier molecular flexibility index (Phi) is 5.21. The van der Waals surface area contributed by atoms with Crippen LogP contribution in [0.4, 0.5) is 0 Å². The Morgan fingerprint density at radius 3 is 2.47 bits per heavy atom. The van der Waals surface area contributed by atoms with E-state index in [1.54, 1.807) is 0 Å². The van der Waals surface area contributed by atoms with Crippen LogP contribution in [0.2, 0.25) is 0 Å². The van der Waals surface area contributed by atoms with E-state index >= 15 is 0 Å². The van der Waals surface area contributed by atoms with Gasteiger partial charge in [0.1, 0.15) is 0 Å². The number of hydrogen-bond acceptors (Lipinski definition) is 1. The highest BCUT2D eigenvalue weighted by molar-refractivity contribution is 9.10. The fraction of sp³-hybridized carbons (Fsp3) is 0.600. The molecule has 0 spiro atoms. The molecule has 1 N–H and O–H groups in total. The van der Waals surface area contributed by atoms with Gasteiger partial charge in [0.25, 0.3) is 0 Å². The second kappa shape index (κ2) is 6.01.